The normalized spacial score (nSPS) is 13.2. The van der Waals surface area contributed by atoms with E-state index in [1.807, 2.05) is 37.3 Å². The summed E-state index contributed by atoms with van der Waals surface area (Å²) >= 11 is 3.40. The molecule has 1 amide bonds. The number of carbonyl (C=O) groups is 1. The molecular formula is C29H26ClN3OS2. The molecule has 0 saturated heterocycles. The summed E-state index contributed by atoms with van der Waals surface area (Å²) in [6.45, 7) is 4.83. The van der Waals surface area contributed by atoms with Crippen LogP contribution in [-0.2, 0) is 19.5 Å². The van der Waals surface area contributed by atoms with Crippen molar-refractivity contribution in [3.05, 3.63) is 106 Å². The Labute approximate surface area is 225 Å². The van der Waals surface area contributed by atoms with Gasteiger partial charge >= 0.3 is 0 Å². The number of carbonyl (C=O) groups excluding carboxylic acids is 1. The quantitative estimate of drug-likeness (QED) is 0.254. The van der Waals surface area contributed by atoms with Crippen LogP contribution in [0, 0.1) is 6.92 Å². The lowest BCUT2D eigenvalue weighted by Crippen LogP contribution is -2.29. The number of amides is 1. The zero-order valence-electron chi connectivity index (χ0n) is 19.9. The van der Waals surface area contributed by atoms with Gasteiger partial charge in [0.25, 0.3) is 5.91 Å². The Bertz CT molecular complexity index is 1480. The second-order valence-electron chi connectivity index (χ2n) is 8.96. The van der Waals surface area contributed by atoms with Gasteiger partial charge in [-0.1, -0.05) is 60.2 Å². The van der Waals surface area contributed by atoms with Gasteiger partial charge in [-0.2, -0.15) is 0 Å². The van der Waals surface area contributed by atoms with E-state index >= 15 is 0 Å². The topological polar surface area (TPSA) is 45.2 Å². The van der Waals surface area contributed by atoms with Crippen molar-refractivity contribution in [2.24, 2.45) is 0 Å². The number of para-hydroxylation sites is 1. The Balaban J connectivity index is 0.00000267. The van der Waals surface area contributed by atoms with Crippen LogP contribution in [0.15, 0.2) is 78.9 Å². The van der Waals surface area contributed by atoms with Crippen molar-refractivity contribution in [1.29, 1.82) is 0 Å². The predicted octanol–water partition coefficient (Wildman–Crippen LogP) is 7.57. The number of rotatable bonds is 5. The lowest BCUT2D eigenvalue weighted by molar-refractivity contribution is 0.102. The zero-order valence-corrected chi connectivity index (χ0v) is 22.3. The van der Waals surface area contributed by atoms with Crippen LogP contribution in [0.2, 0.25) is 0 Å². The first-order chi connectivity index (χ1) is 17.1. The molecule has 0 bridgehead atoms. The van der Waals surface area contributed by atoms with Gasteiger partial charge in [-0.15, -0.1) is 35.1 Å². The van der Waals surface area contributed by atoms with Gasteiger partial charge in [-0.25, -0.2) is 4.98 Å². The van der Waals surface area contributed by atoms with Crippen molar-refractivity contribution in [1.82, 2.24) is 9.88 Å². The maximum Gasteiger partial charge on any atom is 0.256 e. The molecule has 0 radical (unpaired) electrons. The molecule has 1 aliphatic rings. The minimum atomic E-state index is -0.0768. The average Bonchev–Trinajstić information content (AvgIpc) is 3.45. The molecule has 2 aromatic heterocycles. The first-order valence-corrected chi connectivity index (χ1v) is 13.4. The molecule has 5 aromatic rings. The van der Waals surface area contributed by atoms with Crippen LogP contribution in [0.4, 0.5) is 5.00 Å². The number of nitrogens with zero attached hydrogens (tertiary/aromatic N) is 2. The summed E-state index contributed by atoms with van der Waals surface area (Å²) < 4.78 is 1.17. The Morgan fingerprint density at radius 1 is 0.972 bits per heavy atom. The Kier molecular flexibility index (Phi) is 7.21. The molecule has 3 aromatic carbocycles. The molecule has 0 spiro atoms. The van der Waals surface area contributed by atoms with Crippen LogP contribution in [0.5, 0.6) is 0 Å². The zero-order chi connectivity index (χ0) is 23.8. The second-order valence-corrected chi connectivity index (χ2v) is 11.1. The minimum absolute atomic E-state index is 0. The Morgan fingerprint density at radius 2 is 1.72 bits per heavy atom. The highest BCUT2D eigenvalue weighted by Crippen LogP contribution is 2.46. The highest BCUT2D eigenvalue weighted by atomic mass is 35.5. The summed E-state index contributed by atoms with van der Waals surface area (Å²) in [5.41, 5.74) is 6.57. The lowest BCUT2D eigenvalue weighted by atomic mass is 10.0. The van der Waals surface area contributed by atoms with Crippen molar-refractivity contribution in [3.63, 3.8) is 0 Å². The molecule has 3 heterocycles. The number of hydrogen-bond acceptors (Lipinski definition) is 5. The van der Waals surface area contributed by atoms with Gasteiger partial charge in [0.2, 0.25) is 0 Å². The summed E-state index contributed by atoms with van der Waals surface area (Å²) in [6.07, 6.45) is 0.949. The number of thiophene rings is 1. The molecule has 7 heteroatoms. The number of nitrogens with one attached hydrogen (secondary N) is 1. The third-order valence-electron chi connectivity index (χ3n) is 6.43. The van der Waals surface area contributed by atoms with Gasteiger partial charge < -0.3 is 5.32 Å². The van der Waals surface area contributed by atoms with Crippen molar-refractivity contribution < 1.29 is 4.79 Å². The van der Waals surface area contributed by atoms with Crippen LogP contribution in [0.3, 0.4) is 0 Å². The number of anilines is 1. The molecule has 0 fully saturated rings. The van der Waals surface area contributed by atoms with Crippen LogP contribution in [0.1, 0.15) is 31.9 Å². The van der Waals surface area contributed by atoms with E-state index in [2.05, 4.69) is 58.7 Å². The number of fused-ring (bicyclic) bond motifs is 2. The summed E-state index contributed by atoms with van der Waals surface area (Å²) in [4.78, 5) is 21.9. The number of benzene rings is 3. The molecule has 0 aliphatic carbocycles. The van der Waals surface area contributed by atoms with Gasteiger partial charge in [-0.3, -0.25) is 9.69 Å². The van der Waals surface area contributed by atoms with Gasteiger partial charge in [0.1, 0.15) is 10.0 Å². The molecule has 1 N–H and O–H groups in total. The van der Waals surface area contributed by atoms with Crippen molar-refractivity contribution in [2.45, 2.75) is 26.4 Å². The molecule has 0 unspecified atom stereocenters. The van der Waals surface area contributed by atoms with E-state index in [4.69, 9.17) is 4.98 Å². The third kappa shape index (κ3) is 4.95. The number of hydrogen-bond donors (Lipinski definition) is 1. The van der Waals surface area contributed by atoms with Crippen molar-refractivity contribution in [2.75, 3.05) is 11.9 Å². The summed E-state index contributed by atoms with van der Waals surface area (Å²) in [5.74, 6) is -0.0768. The average molecular weight is 532 g/mol. The molecule has 36 heavy (non-hydrogen) atoms. The second kappa shape index (κ2) is 10.5. The number of halogens is 1. The molecule has 6 rings (SSSR count). The first-order valence-electron chi connectivity index (χ1n) is 11.8. The molecule has 0 saturated carbocycles. The fraction of sp³-hybridized carbons (Fsp3) is 0.172. The number of aryl methyl sites for hydroxylation is 1. The fourth-order valence-corrected chi connectivity index (χ4v) is 7.00. The lowest BCUT2D eigenvalue weighted by Gasteiger charge is -2.27. The molecule has 0 atom stereocenters. The summed E-state index contributed by atoms with van der Waals surface area (Å²) in [7, 11) is 0. The van der Waals surface area contributed by atoms with E-state index in [-0.39, 0.29) is 18.3 Å². The van der Waals surface area contributed by atoms with Crippen LogP contribution < -0.4 is 5.32 Å². The maximum absolute atomic E-state index is 13.2. The van der Waals surface area contributed by atoms with E-state index in [1.54, 1.807) is 22.7 Å². The van der Waals surface area contributed by atoms with Crippen LogP contribution >= 0.6 is 35.1 Å². The van der Waals surface area contributed by atoms with Gasteiger partial charge in [-0.05, 0) is 48.7 Å². The monoisotopic (exact) mass is 531 g/mol. The summed E-state index contributed by atoms with van der Waals surface area (Å²) in [5, 5.41) is 5.13. The number of aromatic nitrogens is 1. The highest BCUT2D eigenvalue weighted by Gasteiger charge is 2.28. The number of thiazole rings is 1. The molecular weight excluding hydrogens is 506 g/mol. The molecule has 1 aliphatic heterocycles. The standard InChI is InChI=1S/C29H25N3OS2.ClH/c1-19-11-13-21(14-12-19)27(33)31-29-26(28-30-23-9-5-6-10-24(23)34-28)22-15-16-32(18-25(22)35-29)17-20-7-3-2-4-8-20;/h2-14H,15-18H2,1H3,(H,31,33);1H. The molecule has 182 valence electrons. The highest BCUT2D eigenvalue weighted by molar-refractivity contribution is 7.23. The van der Waals surface area contributed by atoms with Crippen LogP contribution in [0.25, 0.3) is 20.8 Å². The van der Waals surface area contributed by atoms with E-state index in [0.29, 0.717) is 5.56 Å². The van der Waals surface area contributed by atoms with E-state index in [0.717, 1.165) is 52.7 Å². The molecule has 4 nitrogen and oxygen atoms in total. The van der Waals surface area contributed by atoms with Crippen LogP contribution in [-0.4, -0.2) is 22.3 Å². The van der Waals surface area contributed by atoms with Gasteiger partial charge in [0.05, 0.1) is 10.2 Å². The third-order valence-corrected chi connectivity index (χ3v) is 8.62. The Hall–Kier alpha value is -3.03. The maximum atomic E-state index is 13.2. The van der Waals surface area contributed by atoms with Crippen molar-refractivity contribution >= 4 is 56.2 Å². The fourth-order valence-electron chi connectivity index (χ4n) is 4.61. The predicted molar refractivity (Wildman–Crippen MR) is 154 cm³/mol. The van der Waals surface area contributed by atoms with Gasteiger partial charge in [0, 0.05) is 35.6 Å². The van der Waals surface area contributed by atoms with Crippen molar-refractivity contribution in [3.8, 4) is 10.6 Å². The summed E-state index contributed by atoms with van der Waals surface area (Å²) in [6, 6.07) is 26.6. The first kappa shape index (κ1) is 24.7. The smallest absolute Gasteiger partial charge is 0.256 e. The Morgan fingerprint density at radius 3 is 2.50 bits per heavy atom. The van der Waals surface area contributed by atoms with E-state index < -0.39 is 0 Å². The SMILES string of the molecule is Cc1ccc(C(=O)Nc2sc3c(c2-c2nc4ccccc4s2)CCN(Cc2ccccc2)C3)cc1.Cl. The van der Waals surface area contributed by atoms with E-state index in [9.17, 15) is 4.79 Å². The largest absolute Gasteiger partial charge is 0.313 e. The minimum Gasteiger partial charge on any atom is -0.313 e. The van der Waals surface area contributed by atoms with Gasteiger partial charge in [0.15, 0.2) is 0 Å². The van der Waals surface area contributed by atoms with E-state index in [1.165, 1.54) is 20.7 Å².